The van der Waals surface area contributed by atoms with Crippen LogP contribution in [0.15, 0.2) is 24.3 Å². The molecule has 0 saturated carbocycles. The first-order valence-electron chi connectivity index (χ1n) is 5.85. The summed E-state index contributed by atoms with van der Waals surface area (Å²) < 4.78 is 5.56. The van der Waals surface area contributed by atoms with E-state index in [9.17, 15) is 4.79 Å². The molecule has 2 rings (SSSR count). The number of ether oxygens (including phenoxy) is 1. The van der Waals surface area contributed by atoms with Gasteiger partial charge in [-0.1, -0.05) is 12.1 Å². The number of aromatic carboxylic acids is 1. The van der Waals surface area contributed by atoms with Gasteiger partial charge in [0.05, 0.1) is 10.9 Å². The molecule has 1 aromatic carbocycles. The molecule has 0 spiro atoms. The van der Waals surface area contributed by atoms with E-state index < -0.39 is 5.97 Å². The third-order valence-corrected chi connectivity index (χ3v) is 2.54. The van der Waals surface area contributed by atoms with Crippen LogP contribution in [-0.2, 0) is 0 Å². The molecule has 0 aliphatic rings. The van der Waals surface area contributed by atoms with E-state index in [1.165, 1.54) is 0 Å². The first kappa shape index (κ1) is 13.2. The highest BCUT2D eigenvalue weighted by molar-refractivity contribution is 5.89. The van der Waals surface area contributed by atoms with Gasteiger partial charge in [-0.2, -0.15) is 4.98 Å². The predicted molar refractivity (Wildman–Crippen MR) is 70.5 cm³/mol. The molecule has 1 N–H and O–H groups in total. The minimum Gasteiger partial charge on any atom is -0.476 e. The highest BCUT2D eigenvalue weighted by Gasteiger charge is 2.13. The zero-order valence-electron chi connectivity index (χ0n) is 10.8. The largest absolute Gasteiger partial charge is 0.476 e. The summed E-state index contributed by atoms with van der Waals surface area (Å²) in [4.78, 5) is 20.9. The van der Waals surface area contributed by atoms with Crippen molar-refractivity contribution in [3.8, 4) is 5.88 Å². The molecule has 2 aromatic rings. The van der Waals surface area contributed by atoms with Crippen LogP contribution in [0.25, 0.3) is 10.9 Å². The molecule has 1 heterocycles. The highest BCUT2D eigenvalue weighted by atomic mass is 16.5. The fraction of sp³-hybridized carbons (Fsp3) is 0.308. The quantitative estimate of drug-likeness (QED) is 0.873. The van der Waals surface area contributed by atoms with Gasteiger partial charge in [-0.05, 0) is 26.2 Å². The lowest BCUT2D eigenvalue weighted by Crippen LogP contribution is -2.20. The Morgan fingerprint density at radius 2 is 2.05 bits per heavy atom. The minimum absolute atomic E-state index is 0.251. The molecule has 0 atom stereocenters. The number of fused-ring (bicyclic) bond motifs is 1. The molecular weight excluding hydrogens is 246 g/mol. The number of rotatable bonds is 5. The third-order valence-electron chi connectivity index (χ3n) is 2.54. The summed E-state index contributed by atoms with van der Waals surface area (Å²) in [5, 5.41) is 9.71. The van der Waals surface area contributed by atoms with Gasteiger partial charge in [-0.25, -0.2) is 9.78 Å². The van der Waals surface area contributed by atoms with Gasteiger partial charge in [-0.3, -0.25) is 0 Å². The number of para-hydroxylation sites is 1. The summed E-state index contributed by atoms with van der Waals surface area (Å²) >= 11 is 0. The third kappa shape index (κ3) is 3.17. The average Bonchev–Trinajstić information content (AvgIpc) is 2.38. The van der Waals surface area contributed by atoms with Crippen LogP contribution in [0, 0.1) is 0 Å². The van der Waals surface area contributed by atoms with Gasteiger partial charge in [0, 0.05) is 6.54 Å². The highest BCUT2D eigenvalue weighted by Crippen LogP contribution is 2.22. The Bertz CT molecular complexity index is 599. The van der Waals surface area contributed by atoms with Crippen LogP contribution in [0.1, 0.15) is 10.6 Å². The molecular formula is C13H15N3O3. The maximum atomic E-state index is 11.0. The van der Waals surface area contributed by atoms with Crippen molar-refractivity contribution in [3.05, 3.63) is 30.1 Å². The molecule has 19 heavy (non-hydrogen) atoms. The summed E-state index contributed by atoms with van der Waals surface area (Å²) in [5.74, 6) is -1.10. The lowest BCUT2D eigenvalue weighted by atomic mass is 10.2. The standard InChI is InChI=1S/C13H15N3O3/c1-16(2)7-8-19-12-9-5-3-4-6-10(9)14-11(15-12)13(17)18/h3-6H,7-8H2,1-2H3,(H,17,18). The minimum atomic E-state index is -1.16. The molecule has 0 fully saturated rings. The fourth-order valence-electron chi connectivity index (χ4n) is 1.58. The van der Waals surface area contributed by atoms with Gasteiger partial charge < -0.3 is 14.7 Å². The Balaban J connectivity index is 2.36. The second kappa shape index (κ2) is 5.62. The summed E-state index contributed by atoms with van der Waals surface area (Å²) in [6.45, 7) is 1.16. The zero-order chi connectivity index (χ0) is 13.8. The first-order valence-corrected chi connectivity index (χ1v) is 5.85. The van der Waals surface area contributed by atoms with Crippen LogP contribution in [-0.4, -0.2) is 53.2 Å². The van der Waals surface area contributed by atoms with Crippen molar-refractivity contribution in [3.63, 3.8) is 0 Å². The molecule has 0 aliphatic carbocycles. The molecule has 0 aliphatic heterocycles. The normalized spacial score (nSPS) is 10.9. The summed E-state index contributed by atoms with van der Waals surface area (Å²) in [6.07, 6.45) is 0. The lowest BCUT2D eigenvalue weighted by molar-refractivity contribution is 0.0682. The number of aromatic nitrogens is 2. The summed E-state index contributed by atoms with van der Waals surface area (Å²) in [5.41, 5.74) is 0.565. The predicted octanol–water partition coefficient (Wildman–Crippen LogP) is 1.27. The summed E-state index contributed by atoms with van der Waals surface area (Å²) in [6, 6.07) is 7.18. The van der Waals surface area contributed by atoms with Gasteiger partial charge in [0.2, 0.25) is 11.7 Å². The maximum Gasteiger partial charge on any atom is 0.374 e. The maximum absolute atomic E-state index is 11.0. The van der Waals surface area contributed by atoms with E-state index in [0.29, 0.717) is 23.4 Å². The Hall–Kier alpha value is -2.21. The van der Waals surface area contributed by atoms with Crippen LogP contribution < -0.4 is 4.74 Å². The van der Waals surface area contributed by atoms with Crippen molar-refractivity contribution in [1.82, 2.24) is 14.9 Å². The van der Waals surface area contributed by atoms with E-state index in [-0.39, 0.29) is 5.82 Å². The molecule has 6 heteroatoms. The zero-order valence-corrected chi connectivity index (χ0v) is 10.8. The Morgan fingerprint density at radius 3 is 2.74 bits per heavy atom. The second-order valence-electron chi connectivity index (χ2n) is 4.33. The SMILES string of the molecule is CN(C)CCOc1nc(C(=O)O)nc2ccccc12. The van der Waals surface area contributed by atoms with Crippen molar-refractivity contribution in [2.75, 3.05) is 27.2 Å². The Morgan fingerprint density at radius 1 is 1.32 bits per heavy atom. The Kier molecular flexibility index (Phi) is 3.91. The van der Waals surface area contributed by atoms with Crippen LogP contribution in [0.2, 0.25) is 0 Å². The van der Waals surface area contributed by atoms with E-state index in [2.05, 4.69) is 9.97 Å². The molecule has 6 nitrogen and oxygen atoms in total. The first-order chi connectivity index (χ1) is 9.08. The number of likely N-dealkylation sites (N-methyl/N-ethyl adjacent to an activating group) is 1. The molecule has 0 radical (unpaired) electrons. The number of carboxylic acid groups (broad SMARTS) is 1. The second-order valence-corrected chi connectivity index (χ2v) is 4.33. The smallest absolute Gasteiger partial charge is 0.374 e. The molecule has 0 bridgehead atoms. The van der Waals surface area contributed by atoms with Crippen LogP contribution in [0.4, 0.5) is 0 Å². The number of carbonyl (C=O) groups is 1. The van der Waals surface area contributed by atoms with Gasteiger partial charge in [0.15, 0.2) is 0 Å². The van der Waals surface area contributed by atoms with Gasteiger partial charge in [0.1, 0.15) is 6.61 Å². The van der Waals surface area contributed by atoms with Crippen LogP contribution >= 0.6 is 0 Å². The number of benzene rings is 1. The number of hydrogen-bond donors (Lipinski definition) is 1. The van der Waals surface area contributed by atoms with Crippen molar-refractivity contribution >= 4 is 16.9 Å². The number of hydrogen-bond acceptors (Lipinski definition) is 5. The van der Waals surface area contributed by atoms with E-state index in [4.69, 9.17) is 9.84 Å². The number of carboxylic acids is 1. The molecule has 1 aromatic heterocycles. The molecule has 0 saturated heterocycles. The fourth-order valence-corrected chi connectivity index (χ4v) is 1.58. The average molecular weight is 261 g/mol. The van der Waals surface area contributed by atoms with E-state index in [1.54, 1.807) is 12.1 Å². The summed E-state index contributed by atoms with van der Waals surface area (Å²) in [7, 11) is 3.87. The Labute approximate surface area is 110 Å². The monoisotopic (exact) mass is 261 g/mol. The van der Waals surface area contributed by atoms with Crippen molar-refractivity contribution < 1.29 is 14.6 Å². The molecule has 0 amide bonds. The van der Waals surface area contributed by atoms with Crippen molar-refractivity contribution in [2.45, 2.75) is 0 Å². The molecule has 100 valence electrons. The lowest BCUT2D eigenvalue weighted by Gasteiger charge is -2.12. The van der Waals surface area contributed by atoms with Crippen LogP contribution in [0.3, 0.4) is 0 Å². The molecule has 0 unspecified atom stereocenters. The van der Waals surface area contributed by atoms with Gasteiger partial charge >= 0.3 is 5.97 Å². The van der Waals surface area contributed by atoms with E-state index in [0.717, 1.165) is 6.54 Å². The number of nitrogens with zero attached hydrogens (tertiary/aromatic N) is 3. The van der Waals surface area contributed by atoms with E-state index >= 15 is 0 Å². The van der Waals surface area contributed by atoms with Crippen molar-refractivity contribution in [1.29, 1.82) is 0 Å². The van der Waals surface area contributed by atoms with Crippen molar-refractivity contribution in [2.24, 2.45) is 0 Å². The van der Waals surface area contributed by atoms with Gasteiger partial charge in [-0.15, -0.1) is 0 Å². The van der Waals surface area contributed by atoms with Crippen LogP contribution in [0.5, 0.6) is 5.88 Å². The topological polar surface area (TPSA) is 75.5 Å². The van der Waals surface area contributed by atoms with E-state index in [1.807, 2.05) is 31.1 Å². The van der Waals surface area contributed by atoms with Gasteiger partial charge in [0.25, 0.3) is 0 Å².